The molecule has 0 saturated heterocycles. The quantitative estimate of drug-likeness (QED) is 0.828. The summed E-state index contributed by atoms with van der Waals surface area (Å²) >= 11 is 0. The summed E-state index contributed by atoms with van der Waals surface area (Å²) in [4.78, 5) is 0. The van der Waals surface area contributed by atoms with Crippen LogP contribution in [0.2, 0.25) is 0 Å². The number of aryl methyl sites for hydroxylation is 1. The Morgan fingerprint density at radius 3 is 2.67 bits per heavy atom. The highest BCUT2D eigenvalue weighted by Gasteiger charge is 2.04. The minimum absolute atomic E-state index is 0.140. The van der Waals surface area contributed by atoms with Crippen molar-refractivity contribution >= 4 is 10.0 Å². The summed E-state index contributed by atoms with van der Waals surface area (Å²) in [6.07, 6.45) is 0.737. The molecule has 0 radical (unpaired) electrons. The molecule has 0 spiro atoms. The zero-order valence-corrected chi connectivity index (χ0v) is 9.97. The van der Waals surface area contributed by atoms with E-state index in [0.717, 1.165) is 12.0 Å². The molecule has 4 heteroatoms. The summed E-state index contributed by atoms with van der Waals surface area (Å²) in [6.45, 7) is 4.13. The molecule has 0 aliphatic rings. The van der Waals surface area contributed by atoms with E-state index in [2.05, 4.69) is 10.8 Å². The number of rotatable bonds is 5. The van der Waals surface area contributed by atoms with Crippen LogP contribution in [0.1, 0.15) is 18.1 Å². The van der Waals surface area contributed by atoms with Gasteiger partial charge in [-0.15, -0.1) is 0 Å². The molecule has 1 N–H and O–H groups in total. The zero-order chi connectivity index (χ0) is 11.3. The van der Waals surface area contributed by atoms with Gasteiger partial charge < -0.3 is 0 Å². The Bertz CT molecular complexity index is 412. The van der Waals surface area contributed by atoms with Crippen LogP contribution in [0.4, 0.5) is 0 Å². The van der Waals surface area contributed by atoms with E-state index in [1.54, 1.807) is 6.92 Å². The third-order valence-corrected chi connectivity index (χ3v) is 3.60. The van der Waals surface area contributed by atoms with Gasteiger partial charge in [0.05, 0.1) is 5.75 Å². The van der Waals surface area contributed by atoms with Gasteiger partial charge in [-0.1, -0.05) is 29.8 Å². The molecule has 0 fully saturated rings. The smallest absolute Gasteiger partial charge is 0.211 e. The van der Waals surface area contributed by atoms with Gasteiger partial charge in [-0.05, 0) is 25.8 Å². The lowest BCUT2D eigenvalue weighted by Gasteiger charge is -2.04. The highest BCUT2D eigenvalue weighted by atomic mass is 32.2. The number of nitrogens with one attached hydrogen (secondary N) is 1. The topological polar surface area (TPSA) is 46.2 Å². The second kappa shape index (κ2) is 5.28. The molecular formula is C11H17NO2S. The average molecular weight is 227 g/mol. The van der Waals surface area contributed by atoms with Gasteiger partial charge in [-0.25, -0.2) is 13.1 Å². The maximum Gasteiger partial charge on any atom is 0.211 e. The highest BCUT2D eigenvalue weighted by molar-refractivity contribution is 7.89. The Labute approximate surface area is 91.6 Å². The maximum absolute atomic E-state index is 11.1. The molecule has 0 bridgehead atoms. The molecule has 0 aliphatic heterocycles. The molecule has 3 nitrogen and oxygen atoms in total. The lowest BCUT2D eigenvalue weighted by Crippen LogP contribution is -2.27. The largest absolute Gasteiger partial charge is 0.215 e. The molecule has 0 saturated carbocycles. The summed E-state index contributed by atoms with van der Waals surface area (Å²) in [6, 6.07) is 8.09. The number of benzene rings is 1. The van der Waals surface area contributed by atoms with Crippen LogP contribution in [-0.2, 0) is 16.4 Å². The second-order valence-corrected chi connectivity index (χ2v) is 5.63. The lowest BCUT2D eigenvalue weighted by molar-refractivity contribution is 0.583. The van der Waals surface area contributed by atoms with E-state index >= 15 is 0 Å². The zero-order valence-electron chi connectivity index (χ0n) is 9.16. The number of hydrogen-bond donors (Lipinski definition) is 1. The van der Waals surface area contributed by atoms with Gasteiger partial charge in [0.2, 0.25) is 10.0 Å². The van der Waals surface area contributed by atoms with Crippen molar-refractivity contribution in [3.8, 4) is 0 Å². The standard InChI is InChI=1S/C11H17NO2S/c1-3-15(13,14)12-8-7-11-6-4-5-10(2)9-11/h4-6,9,12H,3,7-8H2,1-2H3. The van der Waals surface area contributed by atoms with Crippen molar-refractivity contribution in [3.05, 3.63) is 35.4 Å². The first-order valence-corrected chi connectivity index (χ1v) is 6.71. The molecule has 0 unspecified atom stereocenters. The SMILES string of the molecule is CCS(=O)(=O)NCCc1cccc(C)c1. The Morgan fingerprint density at radius 2 is 2.07 bits per heavy atom. The summed E-state index contributed by atoms with van der Waals surface area (Å²) in [5.41, 5.74) is 2.36. The molecular weight excluding hydrogens is 210 g/mol. The molecule has 1 aromatic rings. The van der Waals surface area contributed by atoms with Gasteiger partial charge in [0, 0.05) is 6.54 Å². The van der Waals surface area contributed by atoms with E-state index < -0.39 is 10.0 Å². The minimum Gasteiger partial charge on any atom is -0.215 e. The Hall–Kier alpha value is -0.870. The summed E-state index contributed by atoms with van der Waals surface area (Å²) in [7, 11) is -3.05. The number of hydrogen-bond acceptors (Lipinski definition) is 2. The highest BCUT2D eigenvalue weighted by Crippen LogP contribution is 2.04. The second-order valence-electron chi connectivity index (χ2n) is 3.54. The van der Waals surface area contributed by atoms with E-state index in [-0.39, 0.29) is 5.75 Å². The summed E-state index contributed by atoms with van der Waals surface area (Å²) in [5.74, 6) is 0.140. The van der Waals surface area contributed by atoms with Crippen molar-refractivity contribution in [1.29, 1.82) is 0 Å². The van der Waals surface area contributed by atoms with E-state index in [1.807, 2.05) is 25.1 Å². The minimum atomic E-state index is -3.05. The summed E-state index contributed by atoms with van der Waals surface area (Å²) < 4.78 is 24.8. The monoisotopic (exact) mass is 227 g/mol. The van der Waals surface area contributed by atoms with Crippen LogP contribution in [0.5, 0.6) is 0 Å². The van der Waals surface area contributed by atoms with Gasteiger partial charge in [0.1, 0.15) is 0 Å². The molecule has 1 rings (SSSR count). The van der Waals surface area contributed by atoms with Crippen LogP contribution >= 0.6 is 0 Å². The van der Waals surface area contributed by atoms with E-state index in [1.165, 1.54) is 5.56 Å². The van der Waals surface area contributed by atoms with Crippen LogP contribution in [0.15, 0.2) is 24.3 Å². The first-order chi connectivity index (χ1) is 7.03. The van der Waals surface area contributed by atoms with Crippen molar-refractivity contribution in [2.24, 2.45) is 0 Å². The molecule has 0 heterocycles. The van der Waals surface area contributed by atoms with Crippen molar-refractivity contribution < 1.29 is 8.42 Å². The maximum atomic E-state index is 11.1. The Kier molecular flexibility index (Phi) is 4.29. The lowest BCUT2D eigenvalue weighted by atomic mass is 10.1. The fraction of sp³-hybridized carbons (Fsp3) is 0.455. The van der Waals surface area contributed by atoms with Crippen LogP contribution in [0, 0.1) is 6.92 Å². The summed E-state index contributed by atoms with van der Waals surface area (Å²) in [5, 5.41) is 0. The molecule has 0 aliphatic carbocycles. The molecule has 0 amide bonds. The molecule has 84 valence electrons. The van der Waals surface area contributed by atoms with Crippen LogP contribution in [0.3, 0.4) is 0 Å². The number of sulfonamides is 1. The van der Waals surface area contributed by atoms with E-state index in [9.17, 15) is 8.42 Å². The Morgan fingerprint density at radius 1 is 1.33 bits per heavy atom. The predicted molar refractivity (Wildman–Crippen MR) is 62.3 cm³/mol. The normalized spacial score (nSPS) is 11.6. The van der Waals surface area contributed by atoms with Crippen molar-refractivity contribution in [1.82, 2.24) is 4.72 Å². The van der Waals surface area contributed by atoms with E-state index in [4.69, 9.17) is 0 Å². The molecule has 15 heavy (non-hydrogen) atoms. The van der Waals surface area contributed by atoms with Gasteiger partial charge in [0.25, 0.3) is 0 Å². The fourth-order valence-corrected chi connectivity index (χ4v) is 1.94. The predicted octanol–water partition coefficient (Wildman–Crippen LogP) is 1.48. The van der Waals surface area contributed by atoms with Crippen molar-refractivity contribution in [3.63, 3.8) is 0 Å². The Balaban J connectivity index is 2.45. The van der Waals surface area contributed by atoms with Gasteiger partial charge in [-0.3, -0.25) is 0 Å². The van der Waals surface area contributed by atoms with Crippen LogP contribution in [-0.4, -0.2) is 20.7 Å². The van der Waals surface area contributed by atoms with Crippen molar-refractivity contribution in [2.45, 2.75) is 20.3 Å². The van der Waals surface area contributed by atoms with E-state index in [0.29, 0.717) is 6.54 Å². The van der Waals surface area contributed by atoms with Crippen LogP contribution in [0.25, 0.3) is 0 Å². The first kappa shape index (κ1) is 12.2. The average Bonchev–Trinajstić information content (AvgIpc) is 2.18. The fourth-order valence-electron chi connectivity index (χ4n) is 1.32. The third-order valence-electron chi connectivity index (χ3n) is 2.20. The molecule has 0 aromatic heterocycles. The van der Waals surface area contributed by atoms with Gasteiger partial charge in [0.15, 0.2) is 0 Å². The van der Waals surface area contributed by atoms with Gasteiger partial charge in [-0.2, -0.15) is 0 Å². The van der Waals surface area contributed by atoms with Crippen LogP contribution < -0.4 is 4.72 Å². The molecule has 1 aromatic carbocycles. The van der Waals surface area contributed by atoms with Gasteiger partial charge >= 0.3 is 0 Å². The molecule has 0 atom stereocenters. The third kappa shape index (κ3) is 4.44. The van der Waals surface area contributed by atoms with Crippen molar-refractivity contribution in [2.75, 3.05) is 12.3 Å². The first-order valence-electron chi connectivity index (χ1n) is 5.06.